The Bertz CT molecular complexity index is 1040. The lowest BCUT2D eigenvalue weighted by molar-refractivity contribution is 0.0962. The molecule has 0 amide bonds. The summed E-state index contributed by atoms with van der Waals surface area (Å²) in [6.45, 7) is 5.72. The van der Waals surface area contributed by atoms with Crippen molar-refractivity contribution in [3.8, 4) is 0 Å². The van der Waals surface area contributed by atoms with Crippen molar-refractivity contribution in [2.24, 2.45) is 0 Å². The Balaban J connectivity index is 1.32. The molecule has 5 nitrogen and oxygen atoms in total. The van der Waals surface area contributed by atoms with Gasteiger partial charge in [-0.05, 0) is 37.0 Å². The topological polar surface area (TPSA) is 49.3 Å². The molecule has 3 aromatic rings. The van der Waals surface area contributed by atoms with Crippen LogP contribution in [0.4, 0.5) is 11.6 Å². The Morgan fingerprint density at radius 2 is 1.57 bits per heavy atom. The molecule has 1 aliphatic carbocycles. The Labute approximate surface area is 177 Å². The van der Waals surface area contributed by atoms with E-state index in [1.54, 1.807) is 6.20 Å². The van der Waals surface area contributed by atoms with Gasteiger partial charge in [0, 0.05) is 44.5 Å². The SMILES string of the molecule is Cc1ccc([C@@H]2CC(=O)c3cnc(N4CCN(c5ccccc5)CC4)nc3C2)cc1. The molecule has 2 aromatic carbocycles. The summed E-state index contributed by atoms with van der Waals surface area (Å²) in [4.78, 5) is 26.8. The number of nitrogens with zero attached hydrogens (tertiary/aromatic N) is 4. The summed E-state index contributed by atoms with van der Waals surface area (Å²) in [5.74, 6) is 1.10. The number of carbonyl (C=O) groups excluding carboxylic acids is 1. The van der Waals surface area contributed by atoms with E-state index in [2.05, 4.69) is 70.2 Å². The fraction of sp³-hybridized carbons (Fsp3) is 0.320. The van der Waals surface area contributed by atoms with Gasteiger partial charge in [0.05, 0.1) is 11.3 Å². The van der Waals surface area contributed by atoms with Gasteiger partial charge in [-0.3, -0.25) is 4.79 Å². The summed E-state index contributed by atoms with van der Waals surface area (Å²) < 4.78 is 0. The maximum absolute atomic E-state index is 12.7. The van der Waals surface area contributed by atoms with Crippen molar-refractivity contribution in [3.63, 3.8) is 0 Å². The summed E-state index contributed by atoms with van der Waals surface area (Å²) in [7, 11) is 0. The van der Waals surface area contributed by atoms with Gasteiger partial charge in [0.1, 0.15) is 0 Å². The Hall–Kier alpha value is -3.21. The van der Waals surface area contributed by atoms with Gasteiger partial charge in [0.15, 0.2) is 5.78 Å². The van der Waals surface area contributed by atoms with Gasteiger partial charge >= 0.3 is 0 Å². The van der Waals surface area contributed by atoms with E-state index in [0.717, 1.165) is 44.2 Å². The third-order valence-corrected chi connectivity index (χ3v) is 6.26. The van der Waals surface area contributed by atoms with Crippen LogP contribution in [0.1, 0.15) is 39.5 Å². The Morgan fingerprint density at radius 3 is 2.30 bits per heavy atom. The largest absolute Gasteiger partial charge is 0.368 e. The van der Waals surface area contributed by atoms with E-state index in [1.165, 1.54) is 16.8 Å². The lowest BCUT2D eigenvalue weighted by Crippen LogP contribution is -2.47. The zero-order valence-corrected chi connectivity index (χ0v) is 17.3. The van der Waals surface area contributed by atoms with Gasteiger partial charge in [-0.1, -0.05) is 48.0 Å². The molecule has 1 aromatic heterocycles. The Morgan fingerprint density at radius 1 is 0.867 bits per heavy atom. The number of anilines is 2. The van der Waals surface area contributed by atoms with E-state index in [0.29, 0.717) is 12.0 Å². The maximum atomic E-state index is 12.7. The van der Waals surface area contributed by atoms with E-state index in [9.17, 15) is 4.79 Å². The van der Waals surface area contributed by atoms with Crippen LogP contribution in [0.3, 0.4) is 0 Å². The molecule has 5 heteroatoms. The van der Waals surface area contributed by atoms with Crippen LogP contribution in [-0.4, -0.2) is 41.9 Å². The number of carbonyl (C=O) groups is 1. The first-order valence-electron chi connectivity index (χ1n) is 10.7. The lowest BCUT2D eigenvalue weighted by atomic mass is 9.82. The van der Waals surface area contributed by atoms with Crippen LogP contribution < -0.4 is 9.80 Å². The van der Waals surface area contributed by atoms with Crippen LogP contribution in [0.5, 0.6) is 0 Å². The van der Waals surface area contributed by atoms with Gasteiger partial charge in [-0.25, -0.2) is 9.97 Å². The van der Waals surface area contributed by atoms with Gasteiger partial charge in [-0.2, -0.15) is 0 Å². The molecule has 1 atom stereocenters. The highest BCUT2D eigenvalue weighted by Crippen LogP contribution is 2.32. The molecule has 5 rings (SSSR count). The number of aromatic nitrogens is 2. The van der Waals surface area contributed by atoms with E-state index in [1.807, 2.05) is 6.07 Å². The minimum Gasteiger partial charge on any atom is -0.368 e. The van der Waals surface area contributed by atoms with Gasteiger partial charge < -0.3 is 9.80 Å². The molecule has 2 aliphatic rings. The summed E-state index contributed by atoms with van der Waals surface area (Å²) in [5.41, 5.74) is 5.31. The quantitative estimate of drug-likeness (QED) is 0.667. The molecule has 0 bridgehead atoms. The van der Waals surface area contributed by atoms with Crippen LogP contribution in [0.25, 0.3) is 0 Å². The van der Waals surface area contributed by atoms with Gasteiger partial charge in [0.25, 0.3) is 0 Å². The molecule has 0 N–H and O–H groups in total. The molecule has 1 saturated heterocycles. The van der Waals surface area contributed by atoms with Crippen LogP contribution in [-0.2, 0) is 6.42 Å². The van der Waals surface area contributed by atoms with E-state index in [4.69, 9.17) is 4.98 Å². The highest BCUT2D eigenvalue weighted by molar-refractivity contribution is 5.98. The highest BCUT2D eigenvalue weighted by Gasteiger charge is 2.29. The fourth-order valence-electron chi connectivity index (χ4n) is 4.46. The molecule has 0 spiro atoms. The predicted molar refractivity (Wildman–Crippen MR) is 119 cm³/mol. The third-order valence-electron chi connectivity index (χ3n) is 6.26. The summed E-state index contributed by atoms with van der Waals surface area (Å²) >= 11 is 0. The van der Waals surface area contributed by atoms with Crippen LogP contribution >= 0.6 is 0 Å². The van der Waals surface area contributed by atoms with E-state index in [-0.39, 0.29) is 11.7 Å². The zero-order valence-electron chi connectivity index (χ0n) is 17.3. The number of ketones is 1. The minimum atomic E-state index is 0.155. The first-order valence-corrected chi connectivity index (χ1v) is 10.7. The van der Waals surface area contributed by atoms with Gasteiger partial charge in [-0.15, -0.1) is 0 Å². The molecule has 152 valence electrons. The molecule has 30 heavy (non-hydrogen) atoms. The first kappa shape index (κ1) is 18.8. The first-order chi connectivity index (χ1) is 14.7. The van der Waals surface area contributed by atoms with Crippen molar-refractivity contribution in [3.05, 3.63) is 83.2 Å². The average Bonchev–Trinajstić information content (AvgIpc) is 2.80. The van der Waals surface area contributed by atoms with Crippen molar-refractivity contribution in [1.82, 2.24) is 9.97 Å². The monoisotopic (exact) mass is 398 g/mol. The number of fused-ring (bicyclic) bond motifs is 1. The minimum absolute atomic E-state index is 0.155. The molecule has 0 unspecified atom stereocenters. The van der Waals surface area contributed by atoms with Gasteiger partial charge in [0.2, 0.25) is 5.95 Å². The molecular formula is C25H26N4O. The number of hydrogen-bond donors (Lipinski definition) is 0. The molecule has 2 heterocycles. The van der Waals surface area contributed by atoms with Crippen molar-refractivity contribution >= 4 is 17.4 Å². The summed E-state index contributed by atoms with van der Waals surface area (Å²) in [6.07, 6.45) is 3.08. The molecule has 1 aliphatic heterocycles. The number of hydrogen-bond acceptors (Lipinski definition) is 5. The number of piperazine rings is 1. The molecular weight excluding hydrogens is 372 g/mol. The highest BCUT2D eigenvalue weighted by atomic mass is 16.1. The van der Waals surface area contributed by atoms with E-state index < -0.39 is 0 Å². The average molecular weight is 399 g/mol. The smallest absolute Gasteiger partial charge is 0.225 e. The maximum Gasteiger partial charge on any atom is 0.225 e. The second kappa shape index (κ2) is 7.90. The number of rotatable bonds is 3. The summed E-state index contributed by atoms with van der Waals surface area (Å²) in [5, 5.41) is 0. The predicted octanol–water partition coefficient (Wildman–Crippen LogP) is 4.02. The van der Waals surface area contributed by atoms with Crippen molar-refractivity contribution in [2.75, 3.05) is 36.0 Å². The van der Waals surface area contributed by atoms with Crippen molar-refractivity contribution in [2.45, 2.75) is 25.7 Å². The van der Waals surface area contributed by atoms with E-state index >= 15 is 0 Å². The second-order valence-electron chi connectivity index (χ2n) is 8.28. The van der Waals surface area contributed by atoms with Crippen LogP contribution in [0.15, 0.2) is 60.8 Å². The van der Waals surface area contributed by atoms with Crippen molar-refractivity contribution < 1.29 is 4.79 Å². The van der Waals surface area contributed by atoms with Crippen molar-refractivity contribution in [1.29, 1.82) is 0 Å². The standard InChI is InChI=1S/C25H26N4O/c1-18-7-9-19(10-8-18)20-15-23-22(24(30)16-20)17-26-25(27-23)29-13-11-28(12-14-29)21-5-3-2-4-6-21/h2-10,17,20H,11-16H2,1H3/t20-/m0/s1. The number of benzene rings is 2. The lowest BCUT2D eigenvalue weighted by Gasteiger charge is -2.36. The van der Waals surface area contributed by atoms with Crippen LogP contribution in [0, 0.1) is 6.92 Å². The molecule has 0 saturated carbocycles. The second-order valence-corrected chi connectivity index (χ2v) is 8.28. The number of aryl methyl sites for hydroxylation is 1. The van der Waals surface area contributed by atoms with Crippen LogP contribution in [0.2, 0.25) is 0 Å². The number of Topliss-reactive ketones (excluding diaryl/α,β-unsaturated/α-hetero) is 1. The normalized spacial score (nSPS) is 19.0. The Kier molecular flexibility index (Phi) is 4.95. The third kappa shape index (κ3) is 3.67. The molecule has 0 radical (unpaired) electrons. The number of para-hydroxylation sites is 1. The fourth-order valence-corrected chi connectivity index (χ4v) is 4.46. The summed E-state index contributed by atoms with van der Waals surface area (Å²) in [6, 6.07) is 19.0. The molecule has 1 fully saturated rings. The zero-order chi connectivity index (χ0) is 20.5.